The fourth-order valence-corrected chi connectivity index (χ4v) is 6.55. The number of nitrogens with zero attached hydrogens (tertiary/aromatic N) is 8. The van der Waals surface area contributed by atoms with Gasteiger partial charge in [-0.1, -0.05) is 47.5 Å². The Hall–Kier alpha value is -5.24. The lowest BCUT2D eigenvalue weighted by molar-refractivity contribution is -0.118. The maximum atomic E-state index is 13.1. The lowest BCUT2D eigenvalue weighted by Crippen LogP contribution is -2.29. The van der Waals surface area contributed by atoms with Crippen LogP contribution in [0.5, 0.6) is 0 Å². The van der Waals surface area contributed by atoms with Crippen LogP contribution >= 0.6 is 23.2 Å². The van der Waals surface area contributed by atoms with Crippen LogP contribution in [0.1, 0.15) is 13.8 Å². The van der Waals surface area contributed by atoms with Crippen molar-refractivity contribution in [2.75, 3.05) is 10.0 Å². The number of benzene rings is 4. The largest absolute Gasteiger partial charge is 0.294 e. The van der Waals surface area contributed by atoms with Crippen molar-refractivity contribution in [1.29, 1.82) is 0 Å². The molecule has 6 rings (SSSR count). The van der Waals surface area contributed by atoms with Gasteiger partial charge in [-0.2, -0.15) is 57.5 Å². The summed E-state index contributed by atoms with van der Waals surface area (Å²) >= 11 is 13.0. The highest BCUT2D eigenvalue weighted by atomic mass is 35.5. The topological polar surface area (TPSA) is 224 Å². The summed E-state index contributed by atoms with van der Waals surface area (Å²) in [4.78, 5) is 25.4. The Balaban J connectivity index is 1.14. The summed E-state index contributed by atoms with van der Waals surface area (Å²) in [7, 11) is -8.99. The van der Waals surface area contributed by atoms with Crippen LogP contribution in [0.4, 0.5) is 22.7 Å². The van der Waals surface area contributed by atoms with Gasteiger partial charge in [0.25, 0.3) is 32.1 Å². The lowest BCUT2D eigenvalue weighted by Gasteiger charge is -2.13. The molecule has 2 aliphatic rings. The first-order chi connectivity index (χ1) is 24.5. The molecular formula is C32H24Cl2N8O8S2. The van der Waals surface area contributed by atoms with Crippen LogP contribution in [0.25, 0.3) is 11.1 Å². The average molecular weight is 784 g/mol. The molecular weight excluding hydrogens is 759 g/mol. The molecule has 0 radical (unpaired) electrons. The SMILES string of the molecule is CC1=NN(c2cccc(S(=O)(=O)O)c2)C(=O)C1N=Nc1ccc(-c2ccc(N=NC3C(=O)N(c4cccc(S(=O)(=O)O)c4)N=C3C)c(Cl)c2)cc1Cl. The molecule has 2 amide bonds. The van der Waals surface area contributed by atoms with E-state index >= 15 is 0 Å². The Labute approximate surface area is 306 Å². The van der Waals surface area contributed by atoms with E-state index in [9.17, 15) is 35.5 Å². The molecule has 4 aromatic carbocycles. The molecule has 20 heteroatoms. The first-order valence-electron chi connectivity index (χ1n) is 14.9. The monoisotopic (exact) mass is 782 g/mol. The van der Waals surface area contributed by atoms with Crippen molar-refractivity contribution in [2.24, 2.45) is 30.7 Å². The summed E-state index contributed by atoms with van der Waals surface area (Å²) in [5.74, 6) is -1.17. The van der Waals surface area contributed by atoms with Crippen LogP contribution in [0.3, 0.4) is 0 Å². The molecule has 2 N–H and O–H groups in total. The quantitative estimate of drug-likeness (QED) is 0.134. The molecule has 2 unspecified atom stereocenters. The highest BCUT2D eigenvalue weighted by Gasteiger charge is 2.36. The van der Waals surface area contributed by atoms with E-state index in [1.807, 2.05) is 0 Å². The van der Waals surface area contributed by atoms with E-state index in [0.717, 1.165) is 22.2 Å². The van der Waals surface area contributed by atoms with Gasteiger partial charge in [-0.05, 0) is 85.6 Å². The summed E-state index contributed by atoms with van der Waals surface area (Å²) in [5.41, 5.74) is 2.67. The van der Waals surface area contributed by atoms with Crippen molar-refractivity contribution < 1.29 is 35.5 Å². The summed E-state index contributed by atoms with van der Waals surface area (Å²) in [6.07, 6.45) is 0. The van der Waals surface area contributed by atoms with Crippen LogP contribution in [0.2, 0.25) is 10.0 Å². The molecule has 0 fully saturated rings. The highest BCUT2D eigenvalue weighted by molar-refractivity contribution is 7.86. The van der Waals surface area contributed by atoms with E-state index in [4.69, 9.17) is 23.2 Å². The lowest BCUT2D eigenvalue weighted by atomic mass is 10.0. The van der Waals surface area contributed by atoms with E-state index in [1.54, 1.807) is 50.2 Å². The molecule has 52 heavy (non-hydrogen) atoms. The normalized spacial score (nSPS) is 18.2. The number of hydrogen-bond acceptors (Lipinski definition) is 12. The average Bonchev–Trinajstić information content (AvgIpc) is 3.54. The summed E-state index contributed by atoms with van der Waals surface area (Å²) < 4.78 is 64.9. The molecule has 2 atom stereocenters. The Kier molecular flexibility index (Phi) is 9.88. The second kappa shape index (κ2) is 14.1. The second-order valence-electron chi connectivity index (χ2n) is 11.3. The number of halogens is 2. The van der Waals surface area contributed by atoms with Crippen molar-refractivity contribution >= 4 is 89.4 Å². The Bertz CT molecular complexity index is 2340. The number of azo groups is 2. The van der Waals surface area contributed by atoms with Gasteiger partial charge in [0.1, 0.15) is 11.4 Å². The third-order valence-corrected chi connectivity index (χ3v) is 10.0. The third kappa shape index (κ3) is 7.52. The minimum atomic E-state index is -4.50. The van der Waals surface area contributed by atoms with Crippen LogP contribution in [0.15, 0.2) is 125 Å². The van der Waals surface area contributed by atoms with Crippen molar-refractivity contribution in [3.8, 4) is 11.1 Å². The number of hydrogen-bond donors (Lipinski definition) is 2. The molecule has 0 aliphatic carbocycles. The molecule has 0 aromatic heterocycles. The van der Waals surface area contributed by atoms with Crippen molar-refractivity contribution in [2.45, 2.75) is 35.7 Å². The Morgan fingerprint density at radius 3 is 1.35 bits per heavy atom. The number of carbonyl (C=O) groups excluding carboxylic acids is 2. The van der Waals surface area contributed by atoms with Gasteiger partial charge in [-0.25, -0.2) is 0 Å². The summed E-state index contributed by atoms with van der Waals surface area (Å²) in [6.45, 7) is 3.13. The zero-order chi connectivity index (χ0) is 37.5. The molecule has 2 aliphatic heterocycles. The van der Waals surface area contributed by atoms with Crippen molar-refractivity contribution in [3.05, 3.63) is 95.0 Å². The highest BCUT2D eigenvalue weighted by Crippen LogP contribution is 2.36. The van der Waals surface area contributed by atoms with E-state index in [1.165, 1.54) is 36.4 Å². The molecule has 266 valence electrons. The van der Waals surface area contributed by atoms with Gasteiger partial charge in [0.05, 0.1) is 42.6 Å². The smallest absolute Gasteiger partial charge is 0.282 e. The van der Waals surface area contributed by atoms with Crippen LogP contribution in [-0.2, 0) is 29.8 Å². The van der Waals surface area contributed by atoms with Gasteiger partial charge in [0.15, 0.2) is 12.1 Å². The number of anilines is 2. The fraction of sp³-hybridized carbons (Fsp3) is 0.125. The van der Waals surface area contributed by atoms with Crippen molar-refractivity contribution in [1.82, 2.24) is 0 Å². The fourth-order valence-electron chi connectivity index (χ4n) is 5.07. The Morgan fingerprint density at radius 1 is 0.615 bits per heavy atom. The zero-order valence-electron chi connectivity index (χ0n) is 26.7. The van der Waals surface area contributed by atoms with E-state index in [2.05, 4.69) is 30.7 Å². The predicted molar refractivity (Wildman–Crippen MR) is 192 cm³/mol. The maximum absolute atomic E-state index is 13.1. The molecule has 0 spiro atoms. The number of carbonyl (C=O) groups is 2. The maximum Gasteiger partial charge on any atom is 0.294 e. The Morgan fingerprint density at radius 2 is 1.00 bits per heavy atom. The zero-order valence-corrected chi connectivity index (χ0v) is 29.9. The van der Waals surface area contributed by atoms with Crippen LogP contribution < -0.4 is 10.0 Å². The standard InChI is InChI=1S/C32H24Cl2N8O8S2/c1-17-29(31(43)41(39-17)21-5-3-7-23(15-21)51(45,46)47)37-35-27-11-9-19(13-25(27)33)20-10-12-28(26(34)14-20)36-38-30-18(2)40-42(32(30)44)22-6-4-8-24(16-22)52(48,49)50/h3-16,29-30H,1-2H3,(H,45,46,47)(H,48,49,50). The molecule has 0 saturated heterocycles. The molecule has 0 saturated carbocycles. The molecule has 2 heterocycles. The van der Waals surface area contributed by atoms with Gasteiger partial charge < -0.3 is 0 Å². The summed E-state index contributed by atoms with van der Waals surface area (Å²) in [6, 6.07) is 17.9. The minimum Gasteiger partial charge on any atom is -0.282 e. The predicted octanol–water partition coefficient (Wildman–Crippen LogP) is 6.90. The van der Waals surface area contributed by atoms with E-state index in [-0.39, 0.29) is 32.8 Å². The van der Waals surface area contributed by atoms with Crippen molar-refractivity contribution in [3.63, 3.8) is 0 Å². The van der Waals surface area contributed by atoms with Gasteiger partial charge in [0.2, 0.25) is 0 Å². The van der Waals surface area contributed by atoms with Crippen LogP contribution in [0, 0.1) is 0 Å². The molecule has 16 nitrogen and oxygen atoms in total. The van der Waals surface area contributed by atoms with Gasteiger partial charge in [-0.3, -0.25) is 18.7 Å². The minimum absolute atomic E-state index is 0.121. The number of amides is 2. The molecule has 0 bridgehead atoms. The van der Waals surface area contributed by atoms with E-state index in [0.29, 0.717) is 22.6 Å². The number of rotatable bonds is 9. The van der Waals surface area contributed by atoms with Gasteiger partial charge in [-0.15, -0.1) is 0 Å². The van der Waals surface area contributed by atoms with Gasteiger partial charge >= 0.3 is 0 Å². The second-order valence-corrected chi connectivity index (χ2v) is 15.0. The number of hydrazone groups is 2. The first-order valence-corrected chi connectivity index (χ1v) is 18.5. The van der Waals surface area contributed by atoms with E-state index < -0.39 is 53.9 Å². The van der Waals surface area contributed by atoms with Crippen LogP contribution in [-0.4, -0.2) is 61.3 Å². The summed E-state index contributed by atoms with van der Waals surface area (Å²) in [5, 5.41) is 27.3. The first kappa shape index (κ1) is 36.5. The molecule has 4 aromatic rings. The third-order valence-electron chi connectivity index (χ3n) is 7.70. The van der Waals surface area contributed by atoms with Gasteiger partial charge in [0, 0.05) is 0 Å².